The van der Waals surface area contributed by atoms with Crippen LogP contribution in [0.3, 0.4) is 0 Å². The van der Waals surface area contributed by atoms with Crippen molar-refractivity contribution in [3.8, 4) is 0 Å². The topological polar surface area (TPSA) is 55.4 Å². The fourth-order valence-electron chi connectivity index (χ4n) is 1.37. The standard InChI is InChI=1S/C13H17NO3/c1-4-17-13(16)8-12(15)14-11-6-5-9(2)10(3)7-11/h5-7H,4,8H2,1-3H3,(H,14,15). The quantitative estimate of drug-likeness (QED) is 0.643. The highest BCUT2D eigenvalue weighted by Crippen LogP contribution is 2.14. The van der Waals surface area contributed by atoms with E-state index < -0.39 is 5.97 Å². The van der Waals surface area contributed by atoms with E-state index >= 15 is 0 Å². The smallest absolute Gasteiger partial charge is 0.315 e. The van der Waals surface area contributed by atoms with Gasteiger partial charge < -0.3 is 10.1 Å². The van der Waals surface area contributed by atoms with Gasteiger partial charge in [-0.1, -0.05) is 6.07 Å². The van der Waals surface area contributed by atoms with Crippen molar-refractivity contribution >= 4 is 17.6 Å². The molecule has 1 aromatic rings. The van der Waals surface area contributed by atoms with Crippen molar-refractivity contribution < 1.29 is 14.3 Å². The third-order valence-electron chi connectivity index (χ3n) is 2.40. The zero-order valence-electron chi connectivity index (χ0n) is 10.4. The summed E-state index contributed by atoms with van der Waals surface area (Å²) >= 11 is 0. The number of carbonyl (C=O) groups excluding carboxylic acids is 2. The molecule has 0 saturated heterocycles. The van der Waals surface area contributed by atoms with E-state index in [4.69, 9.17) is 4.74 Å². The molecule has 0 fully saturated rings. The third kappa shape index (κ3) is 4.26. The van der Waals surface area contributed by atoms with Crippen molar-refractivity contribution in [2.24, 2.45) is 0 Å². The Balaban J connectivity index is 2.56. The molecule has 0 aliphatic heterocycles. The zero-order valence-corrected chi connectivity index (χ0v) is 10.4. The van der Waals surface area contributed by atoms with E-state index in [1.165, 1.54) is 0 Å². The lowest BCUT2D eigenvalue weighted by Gasteiger charge is -2.07. The summed E-state index contributed by atoms with van der Waals surface area (Å²) < 4.78 is 4.69. The number of hydrogen-bond donors (Lipinski definition) is 1. The summed E-state index contributed by atoms with van der Waals surface area (Å²) in [7, 11) is 0. The highest BCUT2D eigenvalue weighted by atomic mass is 16.5. The molecule has 0 unspecified atom stereocenters. The van der Waals surface area contributed by atoms with Gasteiger partial charge in [0, 0.05) is 5.69 Å². The maximum atomic E-state index is 11.5. The lowest BCUT2D eigenvalue weighted by atomic mass is 10.1. The first-order chi connectivity index (χ1) is 8.02. The summed E-state index contributed by atoms with van der Waals surface area (Å²) in [6, 6.07) is 5.61. The van der Waals surface area contributed by atoms with E-state index in [1.807, 2.05) is 32.0 Å². The van der Waals surface area contributed by atoms with Crippen LogP contribution in [0.4, 0.5) is 5.69 Å². The van der Waals surface area contributed by atoms with Crippen molar-refractivity contribution in [3.63, 3.8) is 0 Å². The monoisotopic (exact) mass is 235 g/mol. The maximum Gasteiger partial charge on any atom is 0.315 e. The molecule has 4 nitrogen and oxygen atoms in total. The van der Waals surface area contributed by atoms with E-state index in [2.05, 4.69) is 5.32 Å². The Bertz CT molecular complexity index is 427. The van der Waals surface area contributed by atoms with Crippen LogP contribution < -0.4 is 5.32 Å². The molecular formula is C13H17NO3. The number of esters is 1. The molecule has 0 atom stereocenters. The van der Waals surface area contributed by atoms with Crippen LogP contribution in [0.15, 0.2) is 18.2 Å². The molecule has 1 aromatic carbocycles. The van der Waals surface area contributed by atoms with E-state index in [1.54, 1.807) is 6.92 Å². The van der Waals surface area contributed by atoms with Gasteiger partial charge in [0.15, 0.2) is 0 Å². The average molecular weight is 235 g/mol. The van der Waals surface area contributed by atoms with Gasteiger partial charge in [-0.25, -0.2) is 0 Å². The summed E-state index contributed by atoms with van der Waals surface area (Å²) in [5, 5.41) is 2.66. The molecule has 0 aliphatic rings. The predicted octanol–water partition coefficient (Wildman–Crippen LogP) is 2.20. The highest BCUT2D eigenvalue weighted by Gasteiger charge is 2.10. The molecule has 1 N–H and O–H groups in total. The fraction of sp³-hybridized carbons (Fsp3) is 0.385. The van der Waals surface area contributed by atoms with Gasteiger partial charge in [-0.3, -0.25) is 9.59 Å². The largest absolute Gasteiger partial charge is 0.466 e. The molecule has 0 aliphatic carbocycles. The minimum absolute atomic E-state index is 0.249. The number of anilines is 1. The minimum Gasteiger partial charge on any atom is -0.466 e. The molecule has 0 heterocycles. The number of nitrogens with one attached hydrogen (secondary N) is 1. The van der Waals surface area contributed by atoms with Crippen LogP contribution in [0.1, 0.15) is 24.5 Å². The molecule has 0 spiro atoms. The molecule has 0 bridgehead atoms. The van der Waals surface area contributed by atoms with Crippen molar-refractivity contribution in [2.75, 3.05) is 11.9 Å². The summed E-state index contributed by atoms with van der Waals surface area (Å²) in [6.07, 6.45) is -0.249. The predicted molar refractivity (Wildman–Crippen MR) is 65.8 cm³/mol. The maximum absolute atomic E-state index is 11.5. The number of amides is 1. The summed E-state index contributed by atoms with van der Waals surface area (Å²) in [5.41, 5.74) is 2.95. The minimum atomic E-state index is -0.506. The molecule has 0 saturated carbocycles. The van der Waals surface area contributed by atoms with Crippen LogP contribution in [-0.4, -0.2) is 18.5 Å². The number of carbonyl (C=O) groups is 2. The van der Waals surface area contributed by atoms with Crippen LogP contribution in [0.25, 0.3) is 0 Å². The first-order valence-corrected chi connectivity index (χ1v) is 5.55. The molecule has 17 heavy (non-hydrogen) atoms. The van der Waals surface area contributed by atoms with E-state index in [-0.39, 0.29) is 18.9 Å². The molecule has 0 aromatic heterocycles. The van der Waals surface area contributed by atoms with Crippen molar-refractivity contribution in [2.45, 2.75) is 27.2 Å². The Hall–Kier alpha value is -1.84. The zero-order chi connectivity index (χ0) is 12.8. The van der Waals surface area contributed by atoms with Crippen LogP contribution in [0, 0.1) is 13.8 Å². The SMILES string of the molecule is CCOC(=O)CC(=O)Nc1ccc(C)c(C)c1. The van der Waals surface area contributed by atoms with Gasteiger partial charge in [-0.05, 0) is 44.0 Å². The van der Waals surface area contributed by atoms with Crippen LogP contribution in [0.5, 0.6) is 0 Å². The molecule has 1 rings (SSSR count). The van der Waals surface area contributed by atoms with Gasteiger partial charge in [-0.2, -0.15) is 0 Å². The van der Waals surface area contributed by atoms with Gasteiger partial charge >= 0.3 is 5.97 Å². The number of hydrogen-bond acceptors (Lipinski definition) is 3. The highest BCUT2D eigenvalue weighted by molar-refractivity contribution is 6.01. The van der Waals surface area contributed by atoms with Gasteiger partial charge in [0.2, 0.25) is 5.91 Å². The lowest BCUT2D eigenvalue weighted by molar-refractivity contribution is -0.145. The molecule has 92 valence electrons. The normalized spacial score (nSPS) is 9.82. The summed E-state index contributed by atoms with van der Waals surface area (Å²) in [6.45, 7) is 5.96. The van der Waals surface area contributed by atoms with Gasteiger partial charge in [0.05, 0.1) is 6.61 Å². The second kappa shape index (κ2) is 6.03. The Morgan fingerprint density at radius 1 is 1.24 bits per heavy atom. The molecule has 0 radical (unpaired) electrons. The average Bonchev–Trinajstić information content (AvgIpc) is 2.23. The molecule has 4 heteroatoms. The Kier molecular flexibility index (Phi) is 4.69. The summed E-state index contributed by atoms with van der Waals surface area (Å²) in [4.78, 5) is 22.6. The van der Waals surface area contributed by atoms with Crippen molar-refractivity contribution in [3.05, 3.63) is 29.3 Å². The third-order valence-corrected chi connectivity index (χ3v) is 2.40. The van der Waals surface area contributed by atoms with Crippen LogP contribution in [-0.2, 0) is 14.3 Å². The van der Waals surface area contributed by atoms with Gasteiger partial charge in [0.1, 0.15) is 6.42 Å². The van der Waals surface area contributed by atoms with Crippen molar-refractivity contribution in [1.82, 2.24) is 0 Å². The summed E-state index contributed by atoms with van der Waals surface area (Å²) in [5.74, 6) is -0.861. The number of benzene rings is 1. The number of rotatable bonds is 4. The molecule has 1 amide bonds. The van der Waals surface area contributed by atoms with E-state index in [9.17, 15) is 9.59 Å². The first kappa shape index (κ1) is 13.2. The van der Waals surface area contributed by atoms with E-state index in [0.29, 0.717) is 5.69 Å². The first-order valence-electron chi connectivity index (χ1n) is 5.55. The lowest BCUT2D eigenvalue weighted by Crippen LogP contribution is -2.18. The second-order valence-electron chi connectivity index (χ2n) is 3.83. The second-order valence-corrected chi connectivity index (χ2v) is 3.83. The number of aryl methyl sites for hydroxylation is 2. The Morgan fingerprint density at radius 2 is 1.94 bits per heavy atom. The Labute approximate surface area is 101 Å². The van der Waals surface area contributed by atoms with Gasteiger partial charge in [-0.15, -0.1) is 0 Å². The van der Waals surface area contributed by atoms with E-state index in [0.717, 1.165) is 11.1 Å². The van der Waals surface area contributed by atoms with Gasteiger partial charge in [0.25, 0.3) is 0 Å². The molecular weight excluding hydrogens is 218 g/mol. The van der Waals surface area contributed by atoms with Crippen molar-refractivity contribution in [1.29, 1.82) is 0 Å². The number of ether oxygens (including phenoxy) is 1. The Morgan fingerprint density at radius 3 is 2.53 bits per heavy atom. The van der Waals surface area contributed by atoms with Crippen LogP contribution in [0.2, 0.25) is 0 Å². The fourth-order valence-corrected chi connectivity index (χ4v) is 1.37. The van der Waals surface area contributed by atoms with Crippen LogP contribution >= 0.6 is 0 Å².